The first-order valence-corrected chi connectivity index (χ1v) is 10.6. The number of amides is 1. The summed E-state index contributed by atoms with van der Waals surface area (Å²) >= 11 is 4.95. The molecule has 2 aromatic rings. The molecule has 1 fully saturated rings. The Balaban J connectivity index is 1.83. The number of aliphatic hydroxyl groups is 1. The van der Waals surface area contributed by atoms with Gasteiger partial charge in [-0.3, -0.25) is 9.69 Å². The van der Waals surface area contributed by atoms with E-state index < -0.39 is 11.5 Å². The molecular weight excluding hydrogens is 426 g/mol. The third-order valence-electron chi connectivity index (χ3n) is 5.55. The van der Waals surface area contributed by atoms with Gasteiger partial charge in [-0.25, -0.2) is 4.99 Å². The van der Waals surface area contributed by atoms with Crippen LogP contribution in [0.15, 0.2) is 39.8 Å². The van der Waals surface area contributed by atoms with Gasteiger partial charge in [-0.1, -0.05) is 24.3 Å². The van der Waals surface area contributed by atoms with Crippen LogP contribution < -0.4 is 5.73 Å². The van der Waals surface area contributed by atoms with Crippen LogP contribution in [0.25, 0.3) is 0 Å². The summed E-state index contributed by atoms with van der Waals surface area (Å²) < 4.78 is 0.828. The van der Waals surface area contributed by atoms with Crippen LogP contribution in [0, 0.1) is 0 Å². The van der Waals surface area contributed by atoms with Gasteiger partial charge in [-0.05, 0) is 58.8 Å². The van der Waals surface area contributed by atoms with Crippen molar-refractivity contribution in [3.63, 3.8) is 0 Å². The first kappa shape index (κ1) is 18.7. The number of rotatable bonds is 4. The van der Waals surface area contributed by atoms with Crippen molar-refractivity contribution in [3.05, 3.63) is 55.7 Å². The number of carbonyl (C=O) groups is 1. The summed E-state index contributed by atoms with van der Waals surface area (Å²) in [5.41, 5.74) is 7.52. The van der Waals surface area contributed by atoms with E-state index in [1.54, 1.807) is 7.05 Å². The summed E-state index contributed by atoms with van der Waals surface area (Å²) in [4.78, 5) is 21.1. The summed E-state index contributed by atoms with van der Waals surface area (Å²) in [6.07, 6.45) is 2.49. The van der Waals surface area contributed by atoms with Crippen LogP contribution in [0.4, 0.5) is 0 Å². The van der Waals surface area contributed by atoms with Gasteiger partial charge in [0.25, 0.3) is 0 Å². The maximum Gasteiger partial charge on any atom is 0.239 e. The Bertz CT molecular complexity index is 920. The summed E-state index contributed by atoms with van der Waals surface area (Å²) in [6, 6.07) is 10.3. The van der Waals surface area contributed by atoms with Gasteiger partial charge in [-0.2, -0.15) is 0 Å². The molecule has 1 aromatic carbocycles. The van der Waals surface area contributed by atoms with Gasteiger partial charge in [0.15, 0.2) is 5.96 Å². The number of benzene rings is 1. The lowest BCUT2D eigenvalue weighted by Gasteiger charge is -2.40. The number of aliphatic imine (C=N–C) groups is 1. The van der Waals surface area contributed by atoms with Crippen LogP contribution in [0.5, 0.6) is 0 Å². The molecule has 5 nitrogen and oxygen atoms in total. The van der Waals surface area contributed by atoms with Crippen molar-refractivity contribution < 1.29 is 9.90 Å². The largest absolute Gasteiger partial charge is 0.391 e. The highest BCUT2D eigenvalue weighted by Gasteiger charge is 2.48. The zero-order chi connectivity index (χ0) is 19.3. The molecule has 0 saturated heterocycles. The quantitative estimate of drug-likeness (QED) is 0.749. The lowest BCUT2D eigenvalue weighted by Crippen LogP contribution is -2.52. The first-order chi connectivity index (χ1) is 12.8. The molecule has 2 heterocycles. The van der Waals surface area contributed by atoms with E-state index in [9.17, 15) is 9.90 Å². The number of nitrogens with zero attached hydrogens (tertiary/aromatic N) is 2. The topological polar surface area (TPSA) is 78.9 Å². The van der Waals surface area contributed by atoms with Gasteiger partial charge in [-0.15, -0.1) is 11.3 Å². The minimum absolute atomic E-state index is 0.0604. The average molecular weight is 448 g/mol. The van der Waals surface area contributed by atoms with Crippen molar-refractivity contribution in [2.45, 2.75) is 43.7 Å². The molecule has 27 heavy (non-hydrogen) atoms. The number of aliphatic hydroxyl groups excluding tert-OH is 1. The summed E-state index contributed by atoms with van der Waals surface area (Å²) in [7, 11) is 1.66. The molecule has 0 unspecified atom stereocenters. The van der Waals surface area contributed by atoms with Crippen LogP contribution in [0.2, 0.25) is 0 Å². The lowest BCUT2D eigenvalue weighted by molar-refractivity contribution is -0.130. The Morgan fingerprint density at radius 3 is 2.52 bits per heavy atom. The molecule has 0 radical (unpaired) electrons. The van der Waals surface area contributed by atoms with Crippen LogP contribution >= 0.6 is 27.3 Å². The number of hydrogen-bond acceptors (Lipinski definition) is 5. The van der Waals surface area contributed by atoms with E-state index in [1.807, 2.05) is 13.0 Å². The first-order valence-electron chi connectivity index (χ1n) is 8.97. The minimum Gasteiger partial charge on any atom is -0.391 e. The smallest absolute Gasteiger partial charge is 0.239 e. The molecule has 2 atom stereocenters. The van der Waals surface area contributed by atoms with Gasteiger partial charge >= 0.3 is 0 Å². The monoisotopic (exact) mass is 447 g/mol. The van der Waals surface area contributed by atoms with E-state index in [0.717, 1.165) is 19.8 Å². The molecule has 7 heteroatoms. The minimum atomic E-state index is -0.824. The fraction of sp³-hybridized carbons (Fsp3) is 0.400. The zero-order valence-corrected chi connectivity index (χ0v) is 17.7. The van der Waals surface area contributed by atoms with Crippen LogP contribution in [0.1, 0.15) is 52.5 Å². The summed E-state index contributed by atoms with van der Waals surface area (Å²) in [5, 5.41) is 9.58. The third kappa shape index (κ3) is 3.11. The highest BCUT2D eigenvalue weighted by Crippen LogP contribution is 2.48. The third-order valence-corrected chi connectivity index (χ3v) is 7.86. The maximum absolute atomic E-state index is 13.2. The Labute approximate surface area is 171 Å². The second kappa shape index (κ2) is 6.72. The predicted molar refractivity (Wildman–Crippen MR) is 111 cm³/mol. The fourth-order valence-electron chi connectivity index (χ4n) is 3.73. The molecule has 0 bridgehead atoms. The van der Waals surface area contributed by atoms with Gasteiger partial charge in [0.1, 0.15) is 5.54 Å². The van der Waals surface area contributed by atoms with Crippen molar-refractivity contribution in [3.8, 4) is 0 Å². The molecule has 4 rings (SSSR count). The highest BCUT2D eigenvalue weighted by atomic mass is 79.9. The van der Waals surface area contributed by atoms with E-state index in [0.29, 0.717) is 5.92 Å². The Morgan fingerprint density at radius 1 is 1.33 bits per heavy atom. The fourth-order valence-corrected chi connectivity index (χ4v) is 5.51. The number of likely N-dealkylation sites (N-methyl/N-ethyl adjacent to an activating group) is 1. The Hall–Kier alpha value is -1.70. The van der Waals surface area contributed by atoms with Crippen molar-refractivity contribution in [1.29, 1.82) is 0 Å². The Morgan fingerprint density at radius 2 is 1.96 bits per heavy atom. The predicted octanol–water partition coefficient (Wildman–Crippen LogP) is 3.67. The average Bonchev–Trinajstić information content (AvgIpc) is 3.42. The van der Waals surface area contributed by atoms with Crippen LogP contribution in [-0.2, 0) is 16.9 Å². The van der Waals surface area contributed by atoms with Crippen molar-refractivity contribution in [2.24, 2.45) is 10.7 Å². The van der Waals surface area contributed by atoms with Crippen molar-refractivity contribution in [1.82, 2.24) is 4.90 Å². The second-order valence-corrected chi connectivity index (χ2v) is 9.42. The molecule has 0 spiro atoms. The zero-order valence-electron chi connectivity index (χ0n) is 15.3. The second-order valence-electron chi connectivity index (χ2n) is 7.43. The van der Waals surface area contributed by atoms with Gasteiger partial charge in [0.05, 0.1) is 12.5 Å². The molecule has 1 aromatic heterocycles. The number of carbonyl (C=O) groups excluding carboxylic acids is 1. The van der Waals surface area contributed by atoms with Crippen molar-refractivity contribution in [2.75, 3.05) is 7.05 Å². The van der Waals surface area contributed by atoms with Gasteiger partial charge < -0.3 is 10.8 Å². The summed E-state index contributed by atoms with van der Waals surface area (Å²) in [5.74, 6) is 0.340. The van der Waals surface area contributed by atoms with E-state index in [4.69, 9.17) is 10.7 Å². The number of nitrogens with two attached hydrogens (primary N) is 1. The number of thiophene rings is 1. The Kier molecular flexibility index (Phi) is 4.64. The van der Waals surface area contributed by atoms with E-state index in [1.165, 1.54) is 34.6 Å². The molecule has 1 aliphatic carbocycles. The molecule has 1 aliphatic heterocycles. The molecule has 1 saturated carbocycles. The van der Waals surface area contributed by atoms with Gasteiger partial charge in [0.2, 0.25) is 5.91 Å². The van der Waals surface area contributed by atoms with Gasteiger partial charge in [0, 0.05) is 21.3 Å². The highest BCUT2D eigenvalue weighted by molar-refractivity contribution is 9.10. The van der Waals surface area contributed by atoms with E-state index >= 15 is 0 Å². The normalized spacial score (nSPS) is 25.6. The molecule has 2 aliphatic rings. The van der Waals surface area contributed by atoms with Crippen LogP contribution in [0.3, 0.4) is 0 Å². The van der Waals surface area contributed by atoms with Crippen molar-refractivity contribution >= 4 is 39.1 Å². The van der Waals surface area contributed by atoms with E-state index in [-0.39, 0.29) is 18.5 Å². The SMILES string of the molecule is CN1C(=O)[C@H](c2ccc(C3CC3)cc2)[C@@](C)(c2cc(Br)c(CO)s2)N=C1N. The number of guanidine groups is 1. The standard InChI is InChI=1S/C20H22BrN3O2S/c1-20(16-9-14(21)15(10-25)27-16)17(18(26)24(2)19(22)23-20)13-7-5-12(6-8-13)11-3-4-11/h5-9,11,17,25H,3-4,10H2,1-2H3,(H2,22,23)/t17-,20+/m0/s1. The number of halogens is 1. The lowest BCUT2D eigenvalue weighted by atomic mass is 9.77. The molecule has 1 amide bonds. The molecule has 3 N–H and O–H groups in total. The van der Waals surface area contributed by atoms with E-state index in [2.05, 4.69) is 40.2 Å². The maximum atomic E-state index is 13.2. The summed E-state index contributed by atoms with van der Waals surface area (Å²) in [6.45, 7) is 1.89. The molecular formula is C20H22BrN3O2S. The number of hydrogen-bond donors (Lipinski definition) is 2. The molecule has 142 valence electrons. The van der Waals surface area contributed by atoms with Crippen LogP contribution in [-0.4, -0.2) is 28.9 Å².